The van der Waals surface area contributed by atoms with Crippen molar-refractivity contribution in [1.82, 2.24) is 16.0 Å². The summed E-state index contributed by atoms with van der Waals surface area (Å²) in [6.07, 6.45) is 3.08. The van der Waals surface area contributed by atoms with Gasteiger partial charge in [0.2, 0.25) is 12.6 Å². The van der Waals surface area contributed by atoms with E-state index in [-0.39, 0.29) is 29.9 Å². The molecule has 0 unspecified atom stereocenters. The fraction of sp³-hybridized carbons (Fsp3) is 0.421. The molecular formula is C38H46N6O3S. The van der Waals surface area contributed by atoms with Crippen molar-refractivity contribution >= 4 is 46.7 Å². The standard InChI is InChI=1S/C38H46N6O3S/c1-23-15-24(2)35(25(3)16-23)43-13-14-44(22-43)36-26(4)17-28(18-27(36)5)20-39-37(46)29-9-8-10-30(19-29)40-33(45)12-7-6-11-32-34-31(21-48-32)41-38(47)42-34/h8-10,15-19,31-32,34H,6-7,11-14,20-21H2,1-5H3,(H,39,46)(H,40,45)(H2,41,42,47)/t31-,32-,34-/m0/s1. The number of thioether (sulfide) groups is 1. The average Bonchev–Trinajstić information content (AvgIpc) is 3.74. The van der Waals surface area contributed by atoms with Gasteiger partial charge >= 0.3 is 6.03 Å². The van der Waals surface area contributed by atoms with Gasteiger partial charge in [-0.1, -0.05) is 42.3 Å². The van der Waals surface area contributed by atoms with E-state index in [1.807, 2.05) is 11.8 Å². The van der Waals surface area contributed by atoms with Gasteiger partial charge in [0, 0.05) is 59.7 Å². The van der Waals surface area contributed by atoms with Gasteiger partial charge in [-0.15, -0.1) is 0 Å². The van der Waals surface area contributed by atoms with Gasteiger partial charge in [0.15, 0.2) is 0 Å². The summed E-state index contributed by atoms with van der Waals surface area (Å²) in [6.45, 7) is 16.4. The van der Waals surface area contributed by atoms with Crippen LogP contribution in [0.3, 0.4) is 0 Å². The number of aryl methyl sites for hydroxylation is 5. The Hall–Kier alpha value is -4.18. The summed E-state index contributed by atoms with van der Waals surface area (Å²) in [5, 5.41) is 12.4. The van der Waals surface area contributed by atoms with Crippen molar-refractivity contribution in [3.05, 3.63) is 94.1 Å². The second kappa shape index (κ2) is 14.5. The summed E-state index contributed by atoms with van der Waals surface area (Å²) in [5.74, 6) is 0.687. The molecule has 0 saturated carbocycles. The highest BCUT2D eigenvalue weighted by molar-refractivity contribution is 8.00. The fourth-order valence-corrected chi connectivity index (χ4v) is 9.00. The number of carbonyl (C=O) groups is 3. The van der Waals surface area contributed by atoms with E-state index in [4.69, 9.17) is 0 Å². The number of nitrogens with one attached hydrogen (secondary N) is 4. The van der Waals surface area contributed by atoms with Crippen LogP contribution < -0.4 is 31.1 Å². The second-order valence-electron chi connectivity index (χ2n) is 13.4. The molecule has 0 spiro atoms. The van der Waals surface area contributed by atoms with E-state index in [9.17, 15) is 14.4 Å². The Morgan fingerprint density at radius 1 is 0.896 bits per heavy atom. The van der Waals surface area contributed by atoms with Crippen molar-refractivity contribution in [3.8, 4) is 0 Å². The zero-order valence-electron chi connectivity index (χ0n) is 28.5. The summed E-state index contributed by atoms with van der Waals surface area (Å²) in [7, 11) is 0. The number of fused-ring (bicyclic) bond motifs is 1. The van der Waals surface area contributed by atoms with E-state index in [0.29, 0.717) is 29.5 Å². The topological polar surface area (TPSA) is 106 Å². The van der Waals surface area contributed by atoms with E-state index in [1.165, 1.54) is 22.4 Å². The van der Waals surface area contributed by atoms with Crippen molar-refractivity contribution < 1.29 is 14.4 Å². The fourth-order valence-electron chi connectivity index (χ4n) is 7.46. The average molecular weight is 667 g/mol. The van der Waals surface area contributed by atoms with Crippen LogP contribution in [-0.4, -0.2) is 54.0 Å². The van der Waals surface area contributed by atoms with E-state index in [1.54, 1.807) is 24.3 Å². The van der Waals surface area contributed by atoms with Crippen molar-refractivity contribution in [2.45, 2.75) is 84.2 Å². The number of urea groups is 1. The molecule has 3 aliphatic rings. The third-order valence-electron chi connectivity index (χ3n) is 9.46. The Labute approximate surface area is 288 Å². The zero-order valence-corrected chi connectivity index (χ0v) is 29.4. The normalized spacial score (nSPS) is 20.0. The lowest BCUT2D eigenvalue weighted by Gasteiger charge is -2.25. The molecule has 9 nitrogen and oxygen atoms in total. The Kier molecular flexibility index (Phi) is 10.2. The predicted molar refractivity (Wildman–Crippen MR) is 195 cm³/mol. The number of unbranched alkanes of at least 4 members (excludes halogenated alkanes) is 1. The molecule has 3 heterocycles. The van der Waals surface area contributed by atoms with Crippen LogP contribution in [0, 0.1) is 41.3 Å². The number of hydrogen-bond donors (Lipinski definition) is 4. The highest BCUT2D eigenvalue weighted by Crippen LogP contribution is 2.35. The SMILES string of the molecule is Cc1cc(C)c(N2[C]N(c3c(C)cc(CNC(=O)c4cccc(NC(=O)CCCC[C@@H]5SC[C@@H]6NC(=O)N[C@@H]65)c4)cc3C)CC2)c(C)c1. The minimum Gasteiger partial charge on any atom is -0.348 e. The van der Waals surface area contributed by atoms with Crippen molar-refractivity contribution in [1.29, 1.82) is 0 Å². The molecule has 10 heteroatoms. The molecule has 252 valence electrons. The maximum absolute atomic E-state index is 13.1. The summed E-state index contributed by atoms with van der Waals surface area (Å²) in [6, 6.07) is 16.1. The lowest BCUT2D eigenvalue weighted by atomic mass is 10.0. The maximum atomic E-state index is 13.1. The first kappa shape index (κ1) is 33.7. The molecule has 4 N–H and O–H groups in total. The number of anilines is 3. The number of rotatable bonds is 11. The minimum atomic E-state index is -0.188. The smallest absolute Gasteiger partial charge is 0.315 e. The maximum Gasteiger partial charge on any atom is 0.315 e. The van der Waals surface area contributed by atoms with E-state index < -0.39 is 0 Å². The van der Waals surface area contributed by atoms with E-state index >= 15 is 0 Å². The molecule has 6 rings (SSSR count). The molecule has 3 aliphatic heterocycles. The molecule has 3 atom stereocenters. The van der Waals surface area contributed by atoms with Crippen LogP contribution in [0.2, 0.25) is 0 Å². The molecule has 3 saturated heterocycles. The first-order valence-corrected chi connectivity index (χ1v) is 18.0. The van der Waals surface area contributed by atoms with Crippen LogP contribution in [0.1, 0.15) is 69.4 Å². The van der Waals surface area contributed by atoms with Gasteiger partial charge in [0.05, 0.1) is 12.1 Å². The van der Waals surface area contributed by atoms with E-state index in [0.717, 1.165) is 60.5 Å². The number of hydrogen-bond acceptors (Lipinski definition) is 6. The van der Waals surface area contributed by atoms with Gasteiger partial charge in [0.25, 0.3) is 5.91 Å². The molecule has 0 aromatic heterocycles. The molecule has 3 aromatic carbocycles. The molecule has 0 bridgehead atoms. The predicted octanol–water partition coefficient (Wildman–Crippen LogP) is 6.15. The Morgan fingerprint density at radius 3 is 2.25 bits per heavy atom. The molecule has 2 radical (unpaired) electrons. The Balaban J connectivity index is 0.978. The number of benzene rings is 3. The molecule has 4 amide bonds. The highest BCUT2D eigenvalue weighted by atomic mass is 32.2. The quantitative estimate of drug-likeness (QED) is 0.145. The van der Waals surface area contributed by atoms with E-state index in [2.05, 4.69) is 96.6 Å². The van der Waals surface area contributed by atoms with Crippen molar-refractivity contribution in [3.63, 3.8) is 0 Å². The van der Waals surface area contributed by atoms with Gasteiger partial charge in [-0.3, -0.25) is 9.59 Å². The first-order valence-electron chi connectivity index (χ1n) is 16.9. The summed E-state index contributed by atoms with van der Waals surface area (Å²) >= 11 is 1.89. The van der Waals surface area contributed by atoms with Gasteiger partial charge in [0.1, 0.15) is 0 Å². The lowest BCUT2D eigenvalue weighted by molar-refractivity contribution is -0.116. The van der Waals surface area contributed by atoms with Crippen LogP contribution in [0.25, 0.3) is 0 Å². The minimum absolute atomic E-state index is 0.0638. The Morgan fingerprint density at radius 2 is 1.56 bits per heavy atom. The first-order chi connectivity index (χ1) is 23.0. The largest absolute Gasteiger partial charge is 0.348 e. The van der Waals surface area contributed by atoms with Gasteiger partial charge in [-0.05, 0) is 93.5 Å². The molecule has 0 aliphatic carbocycles. The highest BCUT2D eigenvalue weighted by Gasteiger charge is 2.42. The molecular weight excluding hydrogens is 621 g/mol. The summed E-state index contributed by atoms with van der Waals surface area (Å²) in [5.41, 5.74) is 10.6. The lowest BCUT2D eigenvalue weighted by Crippen LogP contribution is -2.36. The van der Waals surface area contributed by atoms with Crippen molar-refractivity contribution in [2.24, 2.45) is 0 Å². The number of carbonyl (C=O) groups excluding carboxylic acids is 3. The Bertz CT molecular complexity index is 1660. The summed E-state index contributed by atoms with van der Waals surface area (Å²) in [4.78, 5) is 41.8. The van der Waals surface area contributed by atoms with Crippen LogP contribution >= 0.6 is 11.8 Å². The van der Waals surface area contributed by atoms with Crippen LogP contribution in [0.5, 0.6) is 0 Å². The third kappa shape index (κ3) is 7.59. The monoisotopic (exact) mass is 666 g/mol. The molecule has 3 fully saturated rings. The molecule has 3 aromatic rings. The second-order valence-corrected chi connectivity index (χ2v) is 14.7. The van der Waals surface area contributed by atoms with Crippen LogP contribution in [-0.2, 0) is 11.3 Å². The number of nitrogens with zero attached hydrogens (tertiary/aromatic N) is 2. The third-order valence-corrected chi connectivity index (χ3v) is 11.0. The van der Waals surface area contributed by atoms with Crippen LogP contribution in [0.15, 0.2) is 48.5 Å². The molecule has 48 heavy (non-hydrogen) atoms. The van der Waals surface area contributed by atoms with Gasteiger partial charge in [-0.25, -0.2) is 4.79 Å². The van der Waals surface area contributed by atoms with Crippen LogP contribution in [0.4, 0.5) is 21.9 Å². The summed E-state index contributed by atoms with van der Waals surface area (Å²) < 4.78 is 0. The number of amides is 4. The van der Waals surface area contributed by atoms with Crippen molar-refractivity contribution in [2.75, 3.05) is 34.0 Å². The van der Waals surface area contributed by atoms with Gasteiger partial charge in [-0.2, -0.15) is 11.8 Å². The zero-order chi connectivity index (χ0) is 33.9. The van der Waals surface area contributed by atoms with Gasteiger partial charge < -0.3 is 31.1 Å².